The van der Waals surface area contributed by atoms with Gasteiger partial charge < -0.3 is 9.80 Å². The molecule has 5 nitrogen and oxygen atoms in total. The molecule has 1 amide bonds. The summed E-state index contributed by atoms with van der Waals surface area (Å²) in [5.74, 6) is -0.518. The van der Waals surface area contributed by atoms with Gasteiger partial charge in [0.1, 0.15) is 11.5 Å². The van der Waals surface area contributed by atoms with Gasteiger partial charge in [-0.3, -0.25) is 9.48 Å². The average molecular weight is 417 g/mol. The SMILES string of the molecule is CN1CCCN(C(=O)c2c3ccc(Br)cc3nn2C)c2cc(F)ccc21. The highest BCUT2D eigenvalue weighted by molar-refractivity contribution is 9.10. The third-order valence-electron chi connectivity index (χ3n) is 4.76. The number of aryl methyl sites for hydroxylation is 1. The minimum atomic E-state index is -0.351. The van der Waals surface area contributed by atoms with E-state index >= 15 is 0 Å². The van der Waals surface area contributed by atoms with E-state index in [1.807, 2.05) is 25.2 Å². The molecule has 2 heterocycles. The van der Waals surface area contributed by atoms with E-state index in [-0.39, 0.29) is 11.7 Å². The van der Waals surface area contributed by atoms with Gasteiger partial charge in [-0.05, 0) is 42.8 Å². The molecule has 1 aliphatic rings. The van der Waals surface area contributed by atoms with Gasteiger partial charge in [-0.2, -0.15) is 5.10 Å². The molecule has 1 aliphatic heterocycles. The molecular formula is C19H18BrFN4O. The topological polar surface area (TPSA) is 41.4 Å². The van der Waals surface area contributed by atoms with Gasteiger partial charge in [0.05, 0.1) is 16.9 Å². The van der Waals surface area contributed by atoms with Crippen LogP contribution in [0.2, 0.25) is 0 Å². The lowest BCUT2D eigenvalue weighted by Gasteiger charge is -2.24. The Balaban J connectivity index is 1.86. The van der Waals surface area contributed by atoms with E-state index in [1.165, 1.54) is 12.1 Å². The molecule has 0 radical (unpaired) electrons. The van der Waals surface area contributed by atoms with E-state index in [4.69, 9.17) is 0 Å². The Kier molecular flexibility index (Phi) is 4.19. The monoisotopic (exact) mass is 416 g/mol. The van der Waals surface area contributed by atoms with Crippen LogP contribution in [-0.4, -0.2) is 35.8 Å². The van der Waals surface area contributed by atoms with Gasteiger partial charge in [-0.25, -0.2) is 4.39 Å². The van der Waals surface area contributed by atoms with E-state index in [2.05, 4.69) is 25.9 Å². The van der Waals surface area contributed by atoms with Crippen molar-refractivity contribution in [2.24, 2.45) is 7.05 Å². The fourth-order valence-electron chi connectivity index (χ4n) is 3.51. The summed E-state index contributed by atoms with van der Waals surface area (Å²) in [7, 11) is 3.72. The molecule has 26 heavy (non-hydrogen) atoms. The average Bonchev–Trinajstić information content (AvgIpc) is 2.82. The van der Waals surface area contributed by atoms with Crippen LogP contribution in [0.5, 0.6) is 0 Å². The third kappa shape index (κ3) is 2.76. The minimum absolute atomic E-state index is 0.167. The van der Waals surface area contributed by atoms with Gasteiger partial charge in [0.25, 0.3) is 5.91 Å². The predicted octanol–water partition coefficient (Wildman–Crippen LogP) is 3.96. The normalized spacial score (nSPS) is 14.5. The molecule has 0 N–H and O–H groups in total. The molecule has 0 spiro atoms. The van der Waals surface area contributed by atoms with Crippen LogP contribution in [0, 0.1) is 5.82 Å². The summed E-state index contributed by atoms with van der Waals surface area (Å²) >= 11 is 3.43. The van der Waals surface area contributed by atoms with Crippen molar-refractivity contribution in [2.45, 2.75) is 6.42 Å². The lowest BCUT2D eigenvalue weighted by Crippen LogP contribution is -2.33. The van der Waals surface area contributed by atoms with Gasteiger partial charge >= 0.3 is 0 Å². The number of benzene rings is 2. The number of nitrogens with zero attached hydrogens (tertiary/aromatic N) is 4. The van der Waals surface area contributed by atoms with Crippen LogP contribution in [0.1, 0.15) is 16.9 Å². The first kappa shape index (κ1) is 17.0. The third-order valence-corrected chi connectivity index (χ3v) is 5.25. The fourth-order valence-corrected chi connectivity index (χ4v) is 3.86. The number of amides is 1. The number of carbonyl (C=O) groups is 1. The zero-order valence-corrected chi connectivity index (χ0v) is 16.1. The quantitative estimate of drug-likeness (QED) is 0.602. The summed E-state index contributed by atoms with van der Waals surface area (Å²) in [4.78, 5) is 17.1. The number of fused-ring (bicyclic) bond motifs is 2. The van der Waals surface area contributed by atoms with E-state index in [0.717, 1.165) is 34.0 Å². The van der Waals surface area contributed by atoms with Gasteiger partial charge in [0, 0.05) is 37.0 Å². The van der Waals surface area contributed by atoms with Crippen LogP contribution in [0.15, 0.2) is 40.9 Å². The van der Waals surface area contributed by atoms with Crippen LogP contribution < -0.4 is 9.80 Å². The maximum atomic E-state index is 13.9. The highest BCUT2D eigenvalue weighted by Gasteiger charge is 2.28. The van der Waals surface area contributed by atoms with E-state index in [1.54, 1.807) is 22.7 Å². The summed E-state index contributed by atoms with van der Waals surface area (Å²) in [5.41, 5.74) is 2.71. The summed E-state index contributed by atoms with van der Waals surface area (Å²) < 4.78 is 16.4. The van der Waals surface area contributed by atoms with Crippen molar-refractivity contribution in [2.75, 3.05) is 29.9 Å². The van der Waals surface area contributed by atoms with Crippen LogP contribution in [0.4, 0.5) is 15.8 Å². The number of hydrogen-bond acceptors (Lipinski definition) is 3. The number of aromatic nitrogens is 2. The second kappa shape index (κ2) is 6.39. The van der Waals surface area contributed by atoms with Crippen molar-refractivity contribution in [1.82, 2.24) is 9.78 Å². The molecule has 0 saturated heterocycles. The summed E-state index contributed by atoms with van der Waals surface area (Å²) in [6.45, 7) is 1.34. The summed E-state index contributed by atoms with van der Waals surface area (Å²) in [6, 6.07) is 10.3. The maximum Gasteiger partial charge on any atom is 0.277 e. The number of rotatable bonds is 1. The van der Waals surface area contributed by atoms with Crippen molar-refractivity contribution in [3.63, 3.8) is 0 Å². The van der Waals surface area contributed by atoms with Crippen molar-refractivity contribution >= 4 is 44.1 Å². The lowest BCUT2D eigenvalue weighted by molar-refractivity contribution is 0.0980. The zero-order chi connectivity index (χ0) is 18.4. The lowest BCUT2D eigenvalue weighted by atomic mass is 10.1. The standard InChI is InChI=1S/C19H18BrFN4O/c1-23-8-3-9-25(17-11-13(21)5-7-16(17)23)19(26)18-14-6-4-12(20)10-15(14)22-24(18)2/h4-7,10-11H,3,8-9H2,1-2H3. The summed E-state index contributed by atoms with van der Waals surface area (Å²) in [5, 5.41) is 5.24. The van der Waals surface area contributed by atoms with E-state index in [9.17, 15) is 9.18 Å². The Morgan fingerprint density at radius 1 is 1.12 bits per heavy atom. The molecule has 0 aliphatic carbocycles. The molecule has 0 unspecified atom stereocenters. The second-order valence-corrected chi connectivity index (χ2v) is 7.41. The Bertz CT molecular complexity index is 1020. The first-order valence-electron chi connectivity index (χ1n) is 8.40. The molecule has 0 saturated carbocycles. The molecular weight excluding hydrogens is 399 g/mol. The number of carbonyl (C=O) groups excluding carboxylic acids is 1. The first-order valence-corrected chi connectivity index (χ1v) is 9.20. The number of anilines is 2. The molecule has 1 aromatic heterocycles. The Hall–Kier alpha value is -2.41. The zero-order valence-electron chi connectivity index (χ0n) is 14.5. The fraction of sp³-hybridized carbons (Fsp3) is 0.263. The number of halogens is 2. The van der Waals surface area contributed by atoms with Crippen LogP contribution >= 0.6 is 15.9 Å². The Labute approximate surface area is 159 Å². The molecule has 134 valence electrons. The Morgan fingerprint density at radius 3 is 2.73 bits per heavy atom. The minimum Gasteiger partial charge on any atom is -0.373 e. The number of hydrogen-bond donors (Lipinski definition) is 0. The second-order valence-electron chi connectivity index (χ2n) is 6.50. The van der Waals surface area contributed by atoms with Crippen molar-refractivity contribution < 1.29 is 9.18 Å². The molecule has 4 rings (SSSR count). The highest BCUT2D eigenvalue weighted by atomic mass is 79.9. The summed E-state index contributed by atoms with van der Waals surface area (Å²) in [6.07, 6.45) is 0.805. The van der Waals surface area contributed by atoms with Gasteiger partial charge in [0.15, 0.2) is 0 Å². The molecule has 3 aromatic rings. The van der Waals surface area contributed by atoms with Crippen LogP contribution in [0.25, 0.3) is 10.9 Å². The molecule has 7 heteroatoms. The van der Waals surface area contributed by atoms with E-state index < -0.39 is 0 Å². The van der Waals surface area contributed by atoms with Crippen molar-refractivity contribution in [1.29, 1.82) is 0 Å². The molecule has 0 fully saturated rings. The Morgan fingerprint density at radius 2 is 1.92 bits per heavy atom. The maximum absolute atomic E-state index is 13.9. The van der Waals surface area contributed by atoms with Gasteiger partial charge in [0.2, 0.25) is 0 Å². The highest BCUT2D eigenvalue weighted by Crippen LogP contribution is 2.34. The van der Waals surface area contributed by atoms with Crippen molar-refractivity contribution in [3.05, 3.63) is 52.4 Å². The first-order chi connectivity index (χ1) is 12.5. The molecule has 0 bridgehead atoms. The smallest absolute Gasteiger partial charge is 0.277 e. The largest absolute Gasteiger partial charge is 0.373 e. The van der Waals surface area contributed by atoms with E-state index in [0.29, 0.717) is 17.9 Å². The van der Waals surface area contributed by atoms with Crippen molar-refractivity contribution in [3.8, 4) is 0 Å². The molecule has 0 atom stereocenters. The van der Waals surface area contributed by atoms with Crippen LogP contribution in [0.3, 0.4) is 0 Å². The predicted molar refractivity (Wildman–Crippen MR) is 104 cm³/mol. The van der Waals surface area contributed by atoms with Gasteiger partial charge in [-0.1, -0.05) is 15.9 Å². The molecule has 2 aromatic carbocycles. The van der Waals surface area contributed by atoms with Crippen LogP contribution in [-0.2, 0) is 7.05 Å². The van der Waals surface area contributed by atoms with Gasteiger partial charge in [-0.15, -0.1) is 0 Å².